The summed E-state index contributed by atoms with van der Waals surface area (Å²) in [5, 5.41) is 0. The molecule has 0 fully saturated rings. The lowest BCUT2D eigenvalue weighted by molar-refractivity contribution is 0.242. The summed E-state index contributed by atoms with van der Waals surface area (Å²) in [5.74, 6) is 0.697. The fourth-order valence-corrected chi connectivity index (χ4v) is 5.44. The van der Waals surface area contributed by atoms with Gasteiger partial charge in [0.05, 0.1) is 27.8 Å². The Morgan fingerprint density at radius 1 is 0.969 bits per heavy atom. The molecule has 6 nitrogen and oxygen atoms in total. The zero-order valence-electron chi connectivity index (χ0n) is 17.8. The van der Waals surface area contributed by atoms with Gasteiger partial charge in [0, 0.05) is 6.54 Å². The summed E-state index contributed by atoms with van der Waals surface area (Å²) >= 11 is 1.05. The van der Waals surface area contributed by atoms with Crippen molar-refractivity contribution in [3.05, 3.63) is 93.6 Å². The molecule has 0 saturated carbocycles. The summed E-state index contributed by atoms with van der Waals surface area (Å²) in [7, 11) is -3.74. The first kappa shape index (κ1) is 22.3. The molecule has 3 aromatic carbocycles. The Morgan fingerprint density at radius 3 is 2.47 bits per heavy atom. The number of aromatic nitrogens is 1. The molecule has 0 amide bonds. The monoisotopic (exact) mass is 468 g/mol. The number of hydrogen-bond acceptors (Lipinski definition) is 5. The molecular weight excluding hydrogens is 444 g/mol. The van der Waals surface area contributed by atoms with E-state index >= 15 is 0 Å². The van der Waals surface area contributed by atoms with Crippen molar-refractivity contribution in [2.45, 2.75) is 37.9 Å². The number of nitrogens with one attached hydrogen (secondary N) is 1. The van der Waals surface area contributed by atoms with Crippen LogP contribution in [0.15, 0.2) is 82.5 Å². The van der Waals surface area contributed by atoms with Crippen molar-refractivity contribution in [2.75, 3.05) is 0 Å². The predicted octanol–water partition coefficient (Wildman–Crippen LogP) is 4.38. The van der Waals surface area contributed by atoms with E-state index in [0.29, 0.717) is 17.0 Å². The van der Waals surface area contributed by atoms with Crippen LogP contribution in [0.5, 0.6) is 5.75 Å². The van der Waals surface area contributed by atoms with Gasteiger partial charge in [-0.05, 0) is 55.3 Å². The Morgan fingerprint density at radius 2 is 1.72 bits per heavy atom. The number of thiazole rings is 1. The third-order valence-corrected chi connectivity index (χ3v) is 7.21. The van der Waals surface area contributed by atoms with E-state index in [1.807, 2.05) is 68.4 Å². The molecule has 0 spiro atoms. The molecule has 0 aliphatic heterocycles. The van der Waals surface area contributed by atoms with E-state index in [1.54, 1.807) is 16.7 Å². The van der Waals surface area contributed by atoms with Crippen molar-refractivity contribution < 1.29 is 13.2 Å². The van der Waals surface area contributed by atoms with Gasteiger partial charge in [-0.25, -0.2) is 13.1 Å². The van der Waals surface area contributed by atoms with E-state index < -0.39 is 10.0 Å². The average Bonchev–Trinajstić information content (AvgIpc) is 3.07. The summed E-state index contributed by atoms with van der Waals surface area (Å²) in [6, 6.07) is 21.8. The maximum Gasteiger partial charge on any atom is 0.308 e. The minimum absolute atomic E-state index is 0.0371. The molecule has 0 saturated heterocycles. The largest absolute Gasteiger partial charge is 0.491 e. The molecule has 166 valence electrons. The molecule has 4 aromatic rings. The zero-order chi connectivity index (χ0) is 22.7. The second kappa shape index (κ2) is 9.28. The van der Waals surface area contributed by atoms with Crippen LogP contribution in [0.3, 0.4) is 0 Å². The highest BCUT2D eigenvalue weighted by Gasteiger charge is 2.17. The highest BCUT2D eigenvalue weighted by molar-refractivity contribution is 7.89. The van der Waals surface area contributed by atoms with E-state index in [2.05, 4.69) is 4.72 Å². The summed E-state index contributed by atoms with van der Waals surface area (Å²) < 4.78 is 36.4. The van der Waals surface area contributed by atoms with Crippen molar-refractivity contribution in [1.82, 2.24) is 9.29 Å². The molecule has 0 radical (unpaired) electrons. The predicted molar refractivity (Wildman–Crippen MR) is 128 cm³/mol. The van der Waals surface area contributed by atoms with Crippen LogP contribution in [0.1, 0.15) is 25.0 Å². The maximum atomic E-state index is 12.9. The Hall–Kier alpha value is -2.94. The second-order valence-electron chi connectivity index (χ2n) is 7.71. The molecule has 1 aromatic heterocycles. The van der Waals surface area contributed by atoms with Crippen molar-refractivity contribution >= 4 is 31.6 Å². The van der Waals surface area contributed by atoms with Crippen molar-refractivity contribution in [3.63, 3.8) is 0 Å². The number of nitrogens with zero attached hydrogens (tertiary/aromatic N) is 1. The smallest absolute Gasteiger partial charge is 0.308 e. The van der Waals surface area contributed by atoms with Gasteiger partial charge in [0.2, 0.25) is 10.0 Å². The Balaban J connectivity index is 1.54. The lowest BCUT2D eigenvalue weighted by Crippen LogP contribution is -2.23. The van der Waals surface area contributed by atoms with Crippen LogP contribution in [0.4, 0.5) is 0 Å². The van der Waals surface area contributed by atoms with Gasteiger partial charge in [0.1, 0.15) is 5.75 Å². The summed E-state index contributed by atoms with van der Waals surface area (Å²) in [6.07, 6.45) is 0.0371. The first-order valence-corrected chi connectivity index (χ1v) is 12.5. The Kier molecular flexibility index (Phi) is 6.45. The van der Waals surface area contributed by atoms with E-state index in [1.165, 1.54) is 6.07 Å². The third kappa shape index (κ3) is 5.09. The summed E-state index contributed by atoms with van der Waals surface area (Å²) in [6.45, 7) is 4.46. The number of benzene rings is 3. The number of ether oxygens (including phenoxy) is 1. The highest BCUT2D eigenvalue weighted by Crippen LogP contribution is 2.23. The average molecular weight is 469 g/mol. The quantitative estimate of drug-likeness (QED) is 0.416. The van der Waals surface area contributed by atoms with Gasteiger partial charge in [0.15, 0.2) is 0 Å². The van der Waals surface area contributed by atoms with Crippen LogP contribution in [0.2, 0.25) is 0 Å². The van der Waals surface area contributed by atoms with Gasteiger partial charge in [-0.15, -0.1) is 0 Å². The number of sulfonamides is 1. The Labute approximate surface area is 191 Å². The van der Waals surface area contributed by atoms with Crippen LogP contribution in [-0.4, -0.2) is 19.1 Å². The van der Waals surface area contributed by atoms with Crippen LogP contribution in [0.25, 0.3) is 10.2 Å². The van der Waals surface area contributed by atoms with Crippen molar-refractivity contribution in [2.24, 2.45) is 0 Å². The number of hydrogen-bond donors (Lipinski definition) is 1. The number of rotatable bonds is 8. The molecule has 8 heteroatoms. The molecule has 0 aliphatic carbocycles. The minimum Gasteiger partial charge on any atom is -0.491 e. The van der Waals surface area contributed by atoms with Crippen molar-refractivity contribution in [1.29, 1.82) is 0 Å². The molecule has 0 bridgehead atoms. The lowest BCUT2D eigenvalue weighted by Gasteiger charge is -2.12. The van der Waals surface area contributed by atoms with Crippen LogP contribution in [-0.2, 0) is 23.1 Å². The van der Waals surface area contributed by atoms with Gasteiger partial charge < -0.3 is 4.74 Å². The molecule has 4 rings (SSSR count). The number of fused-ring (bicyclic) bond motifs is 1. The van der Waals surface area contributed by atoms with E-state index in [0.717, 1.165) is 28.0 Å². The molecular formula is C24H24N2O4S2. The normalized spacial score (nSPS) is 11.8. The van der Waals surface area contributed by atoms with E-state index in [-0.39, 0.29) is 22.4 Å². The van der Waals surface area contributed by atoms with Gasteiger partial charge >= 0.3 is 4.87 Å². The Bertz CT molecular complexity index is 1390. The molecule has 32 heavy (non-hydrogen) atoms. The fraction of sp³-hybridized carbons (Fsp3) is 0.208. The molecule has 1 heterocycles. The minimum atomic E-state index is -3.74. The van der Waals surface area contributed by atoms with Crippen LogP contribution < -0.4 is 14.3 Å². The molecule has 0 unspecified atom stereocenters. The van der Waals surface area contributed by atoms with Gasteiger partial charge in [-0.1, -0.05) is 53.8 Å². The van der Waals surface area contributed by atoms with Crippen molar-refractivity contribution in [3.8, 4) is 5.75 Å². The van der Waals surface area contributed by atoms with Crippen LogP contribution in [0, 0.1) is 0 Å². The summed E-state index contributed by atoms with van der Waals surface area (Å²) in [4.78, 5) is 12.5. The van der Waals surface area contributed by atoms with E-state index in [9.17, 15) is 13.2 Å². The van der Waals surface area contributed by atoms with E-state index in [4.69, 9.17) is 4.74 Å². The molecule has 0 atom stereocenters. The first-order chi connectivity index (χ1) is 15.3. The topological polar surface area (TPSA) is 77.4 Å². The summed E-state index contributed by atoms with van der Waals surface area (Å²) in [5.41, 5.74) is 2.53. The molecule has 1 N–H and O–H groups in total. The van der Waals surface area contributed by atoms with Gasteiger partial charge in [0.25, 0.3) is 0 Å². The molecule has 0 aliphatic rings. The second-order valence-corrected chi connectivity index (χ2v) is 10.5. The SMILES string of the molecule is CC(C)Oc1cccc(CNS(=O)(=O)c2ccc3c(c2)sc(=O)n3Cc2ccccc2)c1. The maximum absolute atomic E-state index is 12.9. The fourth-order valence-electron chi connectivity index (χ4n) is 3.39. The lowest BCUT2D eigenvalue weighted by atomic mass is 10.2. The van der Waals surface area contributed by atoms with Gasteiger partial charge in [-0.2, -0.15) is 0 Å². The third-order valence-electron chi connectivity index (χ3n) is 4.87. The zero-order valence-corrected chi connectivity index (χ0v) is 19.4. The van der Waals surface area contributed by atoms with Crippen LogP contribution >= 0.6 is 11.3 Å². The first-order valence-electron chi connectivity index (χ1n) is 10.2. The standard InChI is InChI=1S/C24H24N2O4S2/c1-17(2)30-20-10-6-9-19(13-20)15-25-32(28,29)21-11-12-22-23(14-21)31-24(27)26(22)16-18-7-4-3-5-8-18/h3-14,17,25H,15-16H2,1-2H3. The van der Waals surface area contributed by atoms with Gasteiger partial charge in [-0.3, -0.25) is 9.36 Å². The highest BCUT2D eigenvalue weighted by atomic mass is 32.2.